The molecule has 1 amide bonds. The Balaban J connectivity index is 2.25. The molecule has 0 fully saturated rings. The summed E-state index contributed by atoms with van der Waals surface area (Å²) >= 11 is 0. The van der Waals surface area contributed by atoms with Gasteiger partial charge in [0.1, 0.15) is 11.3 Å². The largest absolute Gasteiger partial charge is 0.398 e. The number of anilines is 2. The summed E-state index contributed by atoms with van der Waals surface area (Å²) in [6.45, 7) is 3.54. The van der Waals surface area contributed by atoms with Gasteiger partial charge in [0.25, 0.3) is 5.91 Å². The highest BCUT2D eigenvalue weighted by molar-refractivity contribution is 6.05. The van der Waals surface area contributed by atoms with E-state index in [1.807, 2.05) is 6.92 Å². The number of amides is 1. The number of nitrogens with one attached hydrogen (secondary N) is 1. The summed E-state index contributed by atoms with van der Waals surface area (Å²) in [6, 6.07) is 5.38. The Labute approximate surface area is 98.6 Å². The number of hydrogen-bond acceptors (Lipinski definition) is 4. The number of aromatic nitrogens is 1. The summed E-state index contributed by atoms with van der Waals surface area (Å²) < 4.78 is 4.84. The molecule has 17 heavy (non-hydrogen) atoms. The van der Waals surface area contributed by atoms with Crippen LogP contribution >= 0.6 is 0 Å². The predicted molar refractivity (Wildman–Crippen MR) is 64.8 cm³/mol. The molecule has 88 valence electrons. The Hall–Kier alpha value is -2.30. The van der Waals surface area contributed by atoms with Gasteiger partial charge in [-0.25, -0.2) is 0 Å². The molecule has 1 heterocycles. The fourth-order valence-corrected chi connectivity index (χ4v) is 1.50. The molecule has 0 aliphatic rings. The summed E-state index contributed by atoms with van der Waals surface area (Å²) in [5, 5.41) is 6.34. The topological polar surface area (TPSA) is 81.2 Å². The van der Waals surface area contributed by atoms with Crippen LogP contribution in [-0.4, -0.2) is 11.1 Å². The number of carbonyl (C=O) groups excluding carboxylic acids is 1. The van der Waals surface area contributed by atoms with Gasteiger partial charge in [-0.15, -0.1) is 0 Å². The number of nitrogen functional groups attached to an aromatic ring is 1. The molecule has 0 bridgehead atoms. The van der Waals surface area contributed by atoms with E-state index in [0.717, 1.165) is 5.56 Å². The molecule has 1 aromatic carbocycles. The van der Waals surface area contributed by atoms with Crippen LogP contribution < -0.4 is 11.1 Å². The van der Waals surface area contributed by atoms with Gasteiger partial charge in [-0.3, -0.25) is 4.79 Å². The molecule has 0 aliphatic heterocycles. The van der Waals surface area contributed by atoms with Crippen LogP contribution in [0.15, 0.2) is 28.9 Å². The van der Waals surface area contributed by atoms with Gasteiger partial charge in [0.15, 0.2) is 0 Å². The first-order valence-corrected chi connectivity index (χ1v) is 5.17. The highest BCUT2D eigenvalue weighted by atomic mass is 16.5. The van der Waals surface area contributed by atoms with Gasteiger partial charge in [-0.1, -0.05) is 11.2 Å². The minimum Gasteiger partial charge on any atom is -0.398 e. The van der Waals surface area contributed by atoms with Gasteiger partial charge >= 0.3 is 0 Å². The van der Waals surface area contributed by atoms with Crippen molar-refractivity contribution in [2.24, 2.45) is 0 Å². The van der Waals surface area contributed by atoms with Crippen LogP contribution in [0.25, 0.3) is 0 Å². The smallest absolute Gasteiger partial charge is 0.260 e. The van der Waals surface area contributed by atoms with Crippen molar-refractivity contribution in [1.82, 2.24) is 5.16 Å². The number of rotatable bonds is 2. The van der Waals surface area contributed by atoms with E-state index in [2.05, 4.69) is 10.5 Å². The Morgan fingerprint density at radius 2 is 2.18 bits per heavy atom. The fourth-order valence-electron chi connectivity index (χ4n) is 1.50. The van der Waals surface area contributed by atoms with Gasteiger partial charge < -0.3 is 15.6 Å². The highest BCUT2D eigenvalue weighted by Crippen LogP contribution is 2.21. The summed E-state index contributed by atoms with van der Waals surface area (Å²) in [6.07, 6.45) is 1.40. The number of carbonyl (C=O) groups is 1. The molecule has 2 aromatic rings. The van der Waals surface area contributed by atoms with Crippen LogP contribution in [-0.2, 0) is 0 Å². The highest BCUT2D eigenvalue weighted by Gasteiger charge is 2.14. The summed E-state index contributed by atoms with van der Waals surface area (Å²) in [4.78, 5) is 11.9. The first kappa shape index (κ1) is 11.2. The zero-order chi connectivity index (χ0) is 12.4. The quantitative estimate of drug-likeness (QED) is 0.776. The molecule has 3 N–H and O–H groups in total. The predicted octanol–water partition coefficient (Wildman–Crippen LogP) is 2.13. The van der Waals surface area contributed by atoms with Gasteiger partial charge in [-0.2, -0.15) is 0 Å². The lowest BCUT2D eigenvalue weighted by atomic mass is 10.1. The Kier molecular flexibility index (Phi) is 2.82. The molecule has 0 unspecified atom stereocenters. The molecule has 2 rings (SSSR count). The fraction of sp³-hybridized carbons (Fsp3) is 0.167. The minimum absolute atomic E-state index is 0.252. The van der Waals surface area contributed by atoms with E-state index in [9.17, 15) is 4.79 Å². The van der Waals surface area contributed by atoms with Crippen molar-refractivity contribution < 1.29 is 9.32 Å². The minimum atomic E-state index is -0.252. The Bertz CT molecular complexity index is 561. The van der Waals surface area contributed by atoms with Crippen molar-refractivity contribution >= 4 is 17.3 Å². The third-order valence-corrected chi connectivity index (χ3v) is 2.62. The van der Waals surface area contributed by atoms with Crippen LogP contribution in [0.3, 0.4) is 0 Å². The van der Waals surface area contributed by atoms with E-state index >= 15 is 0 Å². The first-order valence-electron chi connectivity index (χ1n) is 5.17. The standard InChI is InChI=1S/C12H13N3O2/c1-7-10(13)4-3-5-11(7)15-12(16)9-6-14-17-8(9)2/h3-6H,13H2,1-2H3,(H,15,16). The van der Waals surface area contributed by atoms with Crippen molar-refractivity contribution in [3.63, 3.8) is 0 Å². The average Bonchev–Trinajstić information content (AvgIpc) is 2.71. The van der Waals surface area contributed by atoms with E-state index in [1.54, 1.807) is 25.1 Å². The third kappa shape index (κ3) is 2.13. The lowest BCUT2D eigenvalue weighted by Crippen LogP contribution is -2.13. The van der Waals surface area contributed by atoms with Crippen LogP contribution in [0.1, 0.15) is 21.7 Å². The van der Waals surface area contributed by atoms with Crippen molar-refractivity contribution in [2.75, 3.05) is 11.1 Å². The maximum atomic E-state index is 11.9. The van der Waals surface area contributed by atoms with Gasteiger partial charge in [0.05, 0.1) is 6.20 Å². The molecule has 0 aliphatic carbocycles. The number of benzene rings is 1. The molecule has 0 radical (unpaired) electrons. The maximum Gasteiger partial charge on any atom is 0.260 e. The van der Waals surface area contributed by atoms with Crippen LogP contribution in [0, 0.1) is 13.8 Å². The molecule has 0 saturated carbocycles. The molecule has 0 atom stereocenters. The number of hydrogen-bond donors (Lipinski definition) is 2. The van der Waals surface area contributed by atoms with E-state index in [-0.39, 0.29) is 5.91 Å². The van der Waals surface area contributed by atoms with E-state index < -0.39 is 0 Å². The van der Waals surface area contributed by atoms with Gasteiger partial charge in [-0.05, 0) is 31.5 Å². The molecular formula is C12H13N3O2. The summed E-state index contributed by atoms with van der Waals surface area (Å²) in [7, 11) is 0. The molecule has 0 saturated heterocycles. The van der Waals surface area contributed by atoms with Gasteiger partial charge in [0, 0.05) is 11.4 Å². The average molecular weight is 231 g/mol. The number of aryl methyl sites for hydroxylation is 1. The lowest BCUT2D eigenvalue weighted by molar-refractivity contribution is 0.102. The second kappa shape index (κ2) is 4.29. The summed E-state index contributed by atoms with van der Waals surface area (Å²) in [5.41, 5.74) is 8.36. The van der Waals surface area contributed by atoms with Crippen molar-refractivity contribution in [1.29, 1.82) is 0 Å². The monoisotopic (exact) mass is 231 g/mol. The second-order valence-electron chi connectivity index (χ2n) is 3.77. The van der Waals surface area contributed by atoms with Crippen LogP contribution in [0.4, 0.5) is 11.4 Å². The SMILES string of the molecule is Cc1oncc1C(=O)Nc1cccc(N)c1C. The van der Waals surface area contributed by atoms with Crippen molar-refractivity contribution in [2.45, 2.75) is 13.8 Å². The molecule has 0 spiro atoms. The van der Waals surface area contributed by atoms with Gasteiger partial charge in [0.2, 0.25) is 0 Å². The Morgan fingerprint density at radius 1 is 1.41 bits per heavy atom. The third-order valence-electron chi connectivity index (χ3n) is 2.62. The molecule has 5 heteroatoms. The number of nitrogens with zero attached hydrogens (tertiary/aromatic N) is 1. The summed E-state index contributed by atoms with van der Waals surface area (Å²) in [5.74, 6) is 0.238. The van der Waals surface area contributed by atoms with Crippen LogP contribution in [0.2, 0.25) is 0 Å². The van der Waals surface area contributed by atoms with E-state index in [4.69, 9.17) is 10.3 Å². The lowest BCUT2D eigenvalue weighted by Gasteiger charge is -2.09. The van der Waals surface area contributed by atoms with Crippen molar-refractivity contribution in [3.05, 3.63) is 41.3 Å². The van der Waals surface area contributed by atoms with E-state index in [1.165, 1.54) is 6.20 Å². The van der Waals surface area contributed by atoms with E-state index in [0.29, 0.717) is 22.7 Å². The van der Waals surface area contributed by atoms with Crippen molar-refractivity contribution in [3.8, 4) is 0 Å². The molecule has 1 aromatic heterocycles. The normalized spacial score (nSPS) is 10.2. The number of nitrogens with two attached hydrogens (primary N) is 1. The second-order valence-corrected chi connectivity index (χ2v) is 3.77. The Morgan fingerprint density at radius 3 is 2.82 bits per heavy atom. The van der Waals surface area contributed by atoms with Crippen LogP contribution in [0.5, 0.6) is 0 Å². The maximum absolute atomic E-state index is 11.9. The molecule has 5 nitrogen and oxygen atoms in total. The zero-order valence-electron chi connectivity index (χ0n) is 9.65. The first-order chi connectivity index (χ1) is 8.09. The molecular weight excluding hydrogens is 218 g/mol. The zero-order valence-corrected chi connectivity index (χ0v) is 9.65.